The van der Waals surface area contributed by atoms with Gasteiger partial charge in [0.25, 0.3) is 5.91 Å². The molecule has 1 unspecified atom stereocenters. The van der Waals surface area contributed by atoms with E-state index in [0.717, 1.165) is 11.3 Å². The summed E-state index contributed by atoms with van der Waals surface area (Å²) in [4.78, 5) is 24.4. The van der Waals surface area contributed by atoms with Gasteiger partial charge >= 0.3 is 0 Å². The van der Waals surface area contributed by atoms with E-state index in [-0.39, 0.29) is 17.7 Å². The number of hydrogen-bond donors (Lipinski definition) is 2. The van der Waals surface area contributed by atoms with E-state index in [1.54, 1.807) is 31.4 Å². The summed E-state index contributed by atoms with van der Waals surface area (Å²) in [6.07, 6.45) is 0.665. The van der Waals surface area contributed by atoms with Crippen LogP contribution in [0, 0.1) is 5.92 Å². The number of ether oxygens (including phenoxy) is 2. The smallest absolute Gasteiger partial charge is 0.251 e. The largest absolute Gasteiger partial charge is 0.497 e. The Morgan fingerprint density at radius 3 is 2.77 bits per heavy atom. The van der Waals surface area contributed by atoms with Gasteiger partial charge in [0.2, 0.25) is 5.91 Å². The fourth-order valence-electron chi connectivity index (χ4n) is 2.87. The minimum Gasteiger partial charge on any atom is -0.497 e. The second kappa shape index (κ2) is 8.38. The molecule has 1 aliphatic heterocycles. The highest BCUT2D eigenvalue weighted by Crippen LogP contribution is 2.26. The van der Waals surface area contributed by atoms with Gasteiger partial charge in [-0.25, -0.2) is 0 Å². The predicted molar refractivity (Wildman–Crippen MR) is 97.5 cm³/mol. The molecule has 0 aromatic heterocycles. The number of amides is 2. The first-order valence-electron chi connectivity index (χ1n) is 8.58. The number of para-hydroxylation sites is 1. The van der Waals surface area contributed by atoms with E-state index in [0.29, 0.717) is 37.4 Å². The number of methoxy groups -OCH3 is 1. The Morgan fingerprint density at radius 2 is 1.92 bits per heavy atom. The van der Waals surface area contributed by atoms with Crippen molar-refractivity contribution in [3.8, 4) is 11.5 Å². The van der Waals surface area contributed by atoms with E-state index in [4.69, 9.17) is 9.47 Å². The predicted octanol–water partition coefficient (Wildman–Crippen LogP) is 1.79. The lowest BCUT2D eigenvalue weighted by molar-refractivity contribution is -0.126. The molecular weight excluding hydrogens is 332 g/mol. The lowest BCUT2D eigenvalue weighted by Crippen LogP contribution is -2.41. The second-order valence-corrected chi connectivity index (χ2v) is 6.10. The standard InChI is InChI=1S/C20H22N2O4/c1-25-17-7-4-6-15(12-17)19(23)21-9-10-22-20(24)16-11-14-5-2-3-8-18(14)26-13-16/h2-8,12,16H,9-11,13H2,1H3,(H,21,23)(H,22,24). The molecule has 1 heterocycles. The van der Waals surface area contributed by atoms with Crippen LogP contribution in [-0.4, -0.2) is 38.6 Å². The zero-order valence-electron chi connectivity index (χ0n) is 14.7. The third kappa shape index (κ3) is 4.33. The highest BCUT2D eigenvalue weighted by atomic mass is 16.5. The molecule has 3 rings (SSSR count). The third-order valence-corrected chi connectivity index (χ3v) is 4.29. The molecule has 0 saturated carbocycles. The molecule has 1 aliphatic rings. The van der Waals surface area contributed by atoms with Gasteiger partial charge in [-0.1, -0.05) is 24.3 Å². The maximum atomic E-state index is 12.3. The lowest BCUT2D eigenvalue weighted by Gasteiger charge is -2.24. The van der Waals surface area contributed by atoms with Crippen molar-refractivity contribution in [1.82, 2.24) is 10.6 Å². The van der Waals surface area contributed by atoms with Crippen LogP contribution in [0.4, 0.5) is 0 Å². The maximum absolute atomic E-state index is 12.3. The van der Waals surface area contributed by atoms with Crippen molar-refractivity contribution in [3.05, 3.63) is 59.7 Å². The molecule has 136 valence electrons. The number of carbonyl (C=O) groups is 2. The molecule has 1 atom stereocenters. The number of fused-ring (bicyclic) bond motifs is 1. The summed E-state index contributed by atoms with van der Waals surface area (Å²) in [7, 11) is 1.56. The normalized spacial score (nSPS) is 15.3. The molecule has 6 heteroatoms. The first kappa shape index (κ1) is 17.8. The molecular formula is C20H22N2O4. The van der Waals surface area contributed by atoms with E-state index in [2.05, 4.69) is 10.6 Å². The number of hydrogen-bond acceptors (Lipinski definition) is 4. The van der Waals surface area contributed by atoms with E-state index < -0.39 is 0 Å². The van der Waals surface area contributed by atoms with Gasteiger partial charge < -0.3 is 20.1 Å². The first-order chi connectivity index (χ1) is 12.7. The van der Waals surface area contributed by atoms with Gasteiger partial charge in [-0.15, -0.1) is 0 Å². The van der Waals surface area contributed by atoms with Crippen molar-refractivity contribution in [2.75, 3.05) is 26.8 Å². The van der Waals surface area contributed by atoms with Crippen LogP contribution in [0.3, 0.4) is 0 Å². The van der Waals surface area contributed by atoms with Crippen molar-refractivity contribution in [1.29, 1.82) is 0 Å². The Hall–Kier alpha value is -3.02. The van der Waals surface area contributed by atoms with Crippen molar-refractivity contribution < 1.29 is 19.1 Å². The average Bonchev–Trinajstić information content (AvgIpc) is 2.70. The summed E-state index contributed by atoms with van der Waals surface area (Å²) < 4.78 is 10.7. The van der Waals surface area contributed by atoms with Crippen LogP contribution in [0.1, 0.15) is 15.9 Å². The van der Waals surface area contributed by atoms with Crippen LogP contribution in [0.5, 0.6) is 11.5 Å². The SMILES string of the molecule is COc1cccc(C(=O)NCCNC(=O)C2COc3ccccc3C2)c1. The van der Waals surface area contributed by atoms with Crippen molar-refractivity contribution >= 4 is 11.8 Å². The molecule has 26 heavy (non-hydrogen) atoms. The van der Waals surface area contributed by atoms with Gasteiger partial charge in [0.15, 0.2) is 0 Å². The molecule has 0 fully saturated rings. The molecule has 6 nitrogen and oxygen atoms in total. The van der Waals surface area contributed by atoms with Crippen LogP contribution in [0.25, 0.3) is 0 Å². The highest BCUT2D eigenvalue weighted by molar-refractivity contribution is 5.94. The number of benzene rings is 2. The minimum absolute atomic E-state index is 0.0601. The lowest BCUT2D eigenvalue weighted by atomic mass is 9.96. The summed E-state index contributed by atoms with van der Waals surface area (Å²) in [6.45, 7) is 1.09. The molecule has 2 aromatic carbocycles. The zero-order chi connectivity index (χ0) is 18.4. The Morgan fingerprint density at radius 1 is 1.12 bits per heavy atom. The van der Waals surface area contributed by atoms with Crippen LogP contribution < -0.4 is 20.1 Å². The molecule has 2 N–H and O–H groups in total. The summed E-state index contributed by atoms with van der Waals surface area (Å²) in [6, 6.07) is 14.7. The van der Waals surface area contributed by atoms with Crippen LogP contribution >= 0.6 is 0 Å². The van der Waals surface area contributed by atoms with Crippen molar-refractivity contribution in [2.24, 2.45) is 5.92 Å². The van der Waals surface area contributed by atoms with Gasteiger partial charge in [-0.3, -0.25) is 9.59 Å². The summed E-state index contributed by atoms with van der Waals surface area (Å²) in [5.41, 5.74) is 1.57. The molecule has 0 radical (unpaired) electrons. The molecule has 0 saturated heterocycles. The summed E-state index contributed by atoms with van der Waals surface area (Å²) >= 11 is 0. The van der Waals surface area contributed by atoms with E-state index >= 15 is 0 Å². The Bertz CT molecular complexity index is 791. The fraction of sp³-hybridized carbons (Fsp3) is 0.300. The minimum atomic E-state index is -0.209. The number of carbonyl (C=O) groups excluding carboxylic acids is 2. The molecule has 2 aromatic rings. The molecule has 2 amide bonds. The van der Waals surface area contributed by atoms with Crippen molar-refractivity contribution in [2.45, 2.75) is 6.42 Å². The molecule has 0 spiro atoms. The highest BCUT2D eigenvalue weighted by Gasteiger charge is 2.25. The quantitative estimate of drug-likeness (QED) is 0.776. The molecule has 0 aliphatic carbocycles. The van der Waals surface area contributed by atoms with Crippen LogP contribution in [0.15, 0.2) is 48.5 Å². The Balaban J connectivity index is 1.42. The van der Waals surface area contributed by atoms with Crippen LogP contribution in [-0.2, 0) is 11.2 Å². The number of rotatable bonds is 6. The van der Waals surface area contributed by atoms with E-state index in [9.17, 15) is 9.59 Å². The van der Waals surface area contributed by atoms with Gasteiger partial charge in [-0.2, -0.15) is 0 Å². The zero-order valence-corrected chi connectivity index (χ0v) is 14.7. The summed E-state index contributed by atoms with van der Waals surface area (Å²) in [5, 5.41) is 5.64. The first-order valence-corrected chi connectivity index (χ1v) is 8.58. The van der Waals surface area contributed by atoms with Gasteiger partial charge in [-0.05, 0) is 36.2 Å². The summed E-state index contributed by atoms with van der Waals surface area (Å²) in [5.74, 6) is 1.01. The van der Waals surface area contributed by atoms with Gasteiger partial charge in [0.05, 0.1) is 13.0 Å². The van der Waals surface area contributed by atoms with Gasteiger partial charge in [0.1, 0.15) is 18.1 Å². The fourth-order valence-corrected chi connectivity index (χ4v) is 2.87. The second-order valence-electron chi connectivity index (χ2n) is 6.10. The van der Waals surface area contributed by atoms with Crippen LogP contribution in [0.2, 0.25) is 0 Å². The molecule has 0 bridgehead atoms. The third-order valence-electron chi connectivity index (χ3n) is 4.29. The van der Waals surface area contributed by atoms with Crippen molar-refractivity contribution in [3.63, 3.8) is 0 Å². The van der Waals surface area contributed by atoms with E-state index in [1.165, 1.54) is 0 Å². The monoisotopic (exact) mass is 354 g/mol. The van der Waals surface area contributed by atoms with E-state index in [1.807, 2.05) is 24.3 Å². The average molecular weight is 354 g/mol. The topological polar surface area (TPSA) is 76.7 Å². The van der Waals surface area contributed by atoms with Gasteiger partial charge in [0, 0.05) is 18.7 Å². The Labute approximate surface area is 152 Å². The Kier molecular flexibility index (Phi) is 5.73. The maximum Gasteiger partial charge on any atom is 0.251 e. The number of nitrogens with one attached hydrogen (secondary N) is 2.